The Bertz CT molecular complexity index is 240. The fourth-order valence-electron chi connectivity index (χ4n) is 2.00. The Morgan fingerprint density at radius 3 is 3.00 bits per heavy atom. The van der Waals surface area contributed by atoms with E-state index in [4.69, 9.17) is 0 Å². The molecule has 1 amide bonds. The van der Waals surface area contributed by atoms with Crippen molar-refractivity contribution in [3.63, 3.8) is 0 Å². The molecule has 0 radical (unpaired) electrons. The molecule has 1 N–H and O–H groups in total. The van der Waals surface area contributed by atoms with Crippen molar-refractivity contribution in [2.24, 2.45) is 5.92 Å². The Morgan fingerprint density at radius 2 is 2.35 bits per heavy atom. The molecule has 0 aromatic carbocycles. The number of nitrogens with one attached hydrogen (secondary N) is 1. The average Bonchev–Trinajstić information content (AvgIpc) is 2.73. The van der Waals surface area contributed by atoms with Crippen LogP contribution in [0, 0.1) is 5.92 Å². The molecular weight excluding hydrogens is 230 g/mol. The number of carbonyl (C=O) groups is 1. The van der Waals surface area contributed by atoms with Gasteiger partial charge in [-0.1, -0.05) is 0 Å². The van der Waals surface area contributed by atoms with Gasteiger partial charge in [0.15, 0.2) is 0 Å². The third-order valence-electron chi connectivity index (χ3n) is 2.84. The number of halogens is 2. The molecule has 1 heterocycles. The number of rotatable bonds is 7. The van der Waals surface area contributed by atoms with Crippen LogP contribution in [0.3, 0.4) is 0 Å². The molecule has 0 aromatic rings. The maximum Gasteiger partial charge on any atom is 0.261 e. The predicted molar refractivity (Wildman–Crippen MR) is 60.1 cm³/mol. The summed E-state index contributed by atoms with van der Waals surface area (Å²) in [6.45, 7) is 1.92. The van der Waals surface area contributed by atoms with E-state index < -0.39 is 13.0 Å². The molecule has 0 bridgehead atoms. The highest BCUT2D eigenvalue weighted by Gasteiger charge is 2.25. The standard InChI is InChI=1S/C11H20F2N2O2/c1-14-6-9-2-4-15(7-9)11(16)3-5-17-8-10(12)13/h9-10,14H,2-8H2,1H3. The summed E-state index contributed by atoms with van der Waals surface area (Å²) in [6.07, 6.45) is -1.26. The molecule has 17 heavy (non-hydrogen) atoms. The van der Waals surface area contributed by atoms with Crippen LogP contribution >= 0.6 is 0 Å². The van der Waals surface area contributed by atoms with Crippen molar-refractivity contribution < 1.29 is 18.3 Å². The normalized spacial score (nSPS) is 20.2. The summed E-state index contributed by atoms with van der Waals surface area (Å²) in [5.41, 5.74) is 0. The van der Waals surface area contributed by atoms with Gasteiger partial charge >= 0.3 is 0 Å². The number of ether oxygens (including phenoxy) is 1. The molecule has 6 heteroatoms. The van der Waals surface area contributed by atoms with Gasteiger partial charge in [0.05, 0.1) is 13.0 Å². The summed E-state index contributed by atoms with van der Waals surface area (Å²) in [6, 6.07) is 0. The first-order valence-corrected chi connectivity index (χ1v) is 5.91. The molecule has 1 fully saturated rings. The largest absolute Gasteiger partial charge is 0.375 e. The second-order valence-corrected chi connectivity index (χ2v) is 4.27. The number of likely N-dealkylation sites (tertiary alicyclic amines) is 1. The average molecular weight is 250 g/mol. The van der Waals surface area contributed by atoms with Gasteiger partial charge in [-0.05, 0) is 25.9 Å². The van der Waals surface area contributed by atoms with Crippen LogP contribution in [0.25, 0.3) is 0 Å². The van der Waals surface area contributed by atoms with Gasteiger partial charge in [-0.25, -0.2) is 8.78 Å². The molecular formula is C11H20F2N2O2. The molecule has 1 aliphatic rings. The van der Waals surface area contributed by atoms with E-state index in [1.54, 1.807) is 4.90 Å². The van der Waals surface area contributed by atoms with Crippen LogP contribution in [0.1, 0.15) is 12.8 Å². The van der Waals surface area contributed by atoms with Gasteiger partial charge < -0.3 is 15.0 Å². The molecule has 0 spiro atoms. The van der Waals surface area contributed by atoms with Gasteiger partial charge in [0, 0.05) is 13.1 Å². The number of nitrogens with zero attached hydrogens (tertiary/aromatic N) is 1. The van der Waals surface area contributed by atoms with E-state index >= 15 is 0 Å². The number of hydrogen-bond acceptors (Lipinski definition) is 3. The highest BCUT2D eigenvalue weighted by molar-refractivity contribution is 5.76. The molecule has 1 saturated heterocycles. The van der Waals surface area contributed by atoms with Crippen molar-refractivity contribution in [3.8, 4) is 0 Å². The fourth-order valence-corrected chi connectivity index (χ4v) is 2.00. The number of alkyl halides is 2. The molecule has 0 aromatic heterocycles. The van der Waals surface area contributed by atoms with Crippen LogP contribution in [0.4, 0.5) is 8.78 Å². The van der Waals surface area contributed by atoms with Crippen LogP contribution in [0.2, 0.25) is 0 Å². The minimum atomic E-state index is -2.46. The van der Waals surface area contributed by atoms with E-state index in [2.05, 4.69) is 10.1 Å². The second kappa shape index (κ2) is 7.55. The third kappa shape index (κ3) is 5.41. The van der Waals surface area contributed by atoms with Gasteiger partial charge in [0.2, 0.25) is 5.91 Å². The van der Waals surface area contributed by atoms with Crippen molar-refractivity contribution in [1.82, 2.24) is 10.2 Å². The molecule has 4 nitrogen and oxygen atoms in total. The molecule has 0 saturated carbocycles. The minimum absolute atomic E-state index is 0.00197. The number of amides is 1. The second-order valence-electron chi connectivity index (χ2n) is 4.27. The lowest BCUT2D eigenvalue weighted by Crippen LogP contribution is -2.31. The van der Waals surface area contributed by atoms with Crippen LogP contribution in [0.5, 0.6) is 0 Å². The first kappa shape index (κ1) is 14.3. The van der Waals surface area contributed by atoms with Crippen LogP contribution in [-0.4, -0.2) is 57.1 Å². The van der Waals surface area contributed by atoms with Crippen LogP contribution in [0.15, 0.2) is 0 Å². The Labute approximate surface area is 100 Å². The first-order chi connectivity index (χ1) is 8.13. The topological polar surface area (TPSA) is 41.6 Å². The fraction of sp³-hybridized carbons (Fsp3) is 0.909. The van der Waals surface area contributed by atoms with Crippen molar-refractivity contribution in [1.29, 1.82) is 0 Å². The van der Waals surface area contributed by atoms with E-state index in [1.807, 2.05) is 7.05 Å². The zero-order chi connectivity index (χ0) is 12.7. The summed E-state index contributed by atoms with van der Waals surface area (Å²) in [5.74, 6) is 0.504. The van der Waals surface area contributed by atoms with Gasteiger partial charge in [-0.2, -0.15) is 0 Å². The van der Waals surface area contributed by atoms with Crippen molar-refractivity contribution in [2.75, 3.05) is 39.9 Å². The molecule has 100 valence electrons. The maximum atomic E-state index is 11.8. The van der Waals surface area contributed by atoms with E-state index in [0.717, 1.165) is 26.1 Å². The van der Waals surface area contributed by atoms with E-state index in [1.165, 1.54) is 0 Å². The van der Waals surface area contributed by atoms with Gasteiger partial charge in [-0.15, -0.1) is 0 Å². The van der Waals surface area contributed by atoms with Crippen LogP contribution in [-0.2, 0) is 9.53 Å². The maximum absolute atomic E-state index is 11.8. The monoisotopic (exact) mass is 250 g/mol. The SMILES string of the molecule is CNCC1CCN(C(=O)CCOCC(F)F)C1. The van der Waals surface area contributed by atoms with Crippen molar-refractivity contribution in [3.05, 3.63) is 0 Å². The Balaban J connectivity index is 2.12. The smallest absolute Gasteiger partial charge is 0.261 e. The minimum Gasteiger partial charge on any atom is -0.375 e. The van der Waals surface area contributed by atoms with Crippen LogP contribution < -0.4 is 5.32 Å². The quantitative estimate of drug-likeness (QED) is 0.677. The van der Waals surface area contributed by atoms with Crippen molar-refractivity contribution >= 4 is 5.91 Å². The Morgan fingerprint density at radius 1 is 1.59 bits per heavy atom. The van der Waals surface area contributed by atoms with Gasteiger partial charge in [-0.3, -0.25) is 4.79 Å². The summed E-state index contributed by atoms with van der Waals surface area (Å²) in [5, 5.41) is 3.09. The predicted octanol–water partition coefficient (Wildman–Crippen LogP) is 0.726. The van der Waals surface area contributed by atoms with Crippen molar-refractivity contribution in [2.45, 2.75) is 19.3 Å². The zero-order valence-electron chi connectivity index (χ0n) is 10.1. The number of hydrogen-bond donors (Lipinski definition) is 1. The number of carbonyl (C=O) groups excluding carboxylic acids is 1. The lowest BCUT2D eigenvalue weighted by molar-refractivity contribution is -0.131. The lowest BCUT2D eigenvalue weighted by atomic mass is 10.1. The van der Waals surface area contributed by atoms with E-state index in [0.29, 0.717) is 5.92 Å². The van der Waals surface area contributed by atoms with E-state index in [9.17, 15) is 13.6 Å². The first-order valence-electron chi connectivity index (χ1n) is 5.91. The Kier molecular flexibility index (Phi) is 6.36. The zero-order valence-corrected chi connectivity index (χ0v) is 10.1. The highest BCUT2D eigenvalue weighted by atomic mass is 19.3. The summed E-state index contributed by atoms with van der Waals surface area (Å²) in [4.78, 5) is 13.5. The highest BCUT2D eigenvalue weighted by Crippen LogP contribution is 2.16. The summed E-state index contributed by atoms with van der Waals surface area (Å²) < 4.78 is 28.2. The Hall–Kier alpha value is -0.750. The van der Waals surface area contributed by atoms with Gasteiger partial charge in [0.25, 0.3) is 6.43 Å². The lowest BCUT2D eigenvalue weighted by Gasteiger charge is -2.16. The molecule has 1 unspecified atom stereocenters. The molecule has 1 atom stereocenters. The van der Waals surface area contributed by atoms with E-state index in [-0.39, 0.29) is 18.9 Å². The summed E-state index contributed by atoms with van der Waals surface area (Å²) in [7, 11) is 1.89. The molecule has 0 aliphatic carbocycles. The molecule has 1 aliphatic heterocycles. The molecule has 1 rings (SSSR count). The van der Waals surface area contributed by atoms with Gasteiger partial charge in [0.1, 0.15) is 6.61 Å². The summed E-state index contributed by atoms with van der Waals surface area (Å²) >= 11 is 0. The third-order valence-corrected chi connectivity index (χ3v) is 2.84.